The van der Waals surface area contributed by atoms with Gasteiger partial charge in [-0.3, -0.25) is 9.80 Å². The number of hydrogen-bond acceptors (Lipinski definition) is 2. The highest BCUT2D eigenvalue weighted by Crippen LogP contribution is 1.92. The minimum absolute atomic E-state index is 0.731. The van der Waals surface area contributed by atoms with E-state index in [1.54, 1.807) is 24.1 Å². The van der Waals surface area contributed by atoms with Gasteiger partial charge in [0.25, 0.3) is 0 Å². The predicted octanol–water partition coefficient (Wildman–Crippen LogP) is -0.0843. The molecule has 54 valence electrons. The second-order valence-electron chi connectivity index (χ2n) is 2.00. The number of hydrogen-bond donors (Lipinski definition) is 0. The summed E-state index contributed by atoms with van der Waals surface area (Å²) in [6, 6.07) is 0. The maximum atomic E-state index is 10.2. The highest BCUT2D eigenvalue weighted by molar-refractivity contribution is 5.59. The van der Waals surface area contributed by atoms with Crippen molar-refractivity contribution in [1.29, 1.82) is 0 Å². The zero-order valence-corrected chi connectivity index (χ0v) is 5.98. The Hall–Kier alpha value is -1.32. The van der Waals surface area contributed by atoms with Gasteiger partial charge in [-0.1, -0.05) is 0 Å². The molecule has 0 saturated carbocycles. The smallest absolute Gasteiger partial charge is 0.228 e. The summed E-state index contributed by atoms with van der Waals surface area (Å²) in [5, 5.41) is 1.42. The van der Waals surface area contributed by atoms with Crippen molar-refractivity contribution in [2.45, 2.75) is 6.92 Å². The normalized spacial score (nSPS) is 9.40. The van der Waals surface area contributed by atoms with Crippen LogP contribution >= 0.6 is 0 Å². The monoisotopic (exact) mass is 139 g/mol. The van der Waals surface area contributed by atoms with Gasteiger partial charge in [0.1, 0.15) is 5.82 Å². The van der Waals surface area contributed by atoms with E-state index in [1.165, 1.54) is 5.01 Å². The topological polar surface area (TPSA) is 38.1 Å². The fourth-order valence-corrected chi connectivity index (χ4v) is 0.756. The number of imidazole rings is 1. The highest BCUT2D eigenvalue weighted by atomic mass is 16.1. The predicted molar refractivity (Wildman–Crippen MR) is 37.2 cm³/mol. The van der Waals surface area contributed by atoms with E-state index >= 15 is 0 Å². The highest BCUT2D eigenvalue weighted by Gasteiger charge is 1.98. The first kappa shape index (κ1) is 6.80. The average Bonchev–Trinajstić information content (AvgIpc) is 2.34. The fraction of sp³-hybridized carbons (Fsp3) is 0.333. The van der Waals surface area contributed by atoms with Gasteiger partial charge in [-0.2, -0.15) is 0 Å². The van der Waals surface area contributed by atoms with Crippen LogP contribution in [0.15, 0.2) is 12.4 Å². The number of nitrogens with zero attached hydrogens (tertiary/aromatic N) is 3. The number of amides is 1. The Morgan fingerprint density at radius 1 is 1.80 bits per heavy atom. The van der Waals surface area contributed by atoms with E-state index in [9.17, 15) is 4.79 Å². The molecule has 0 aliphatic rings. The van der Waals surface area contributed by atoms with Gasteiger partial charge in [-0.05, 0) is 6.92 Å². The lowest BCUT2D eigenvalue weighted by molar-refractivity contribution is -0.108. The molecule has 0 spiro atoms. The minimum Gasteiger partial charge on any atom is -0.277 e. The van der Waals surface area contributed by atoms with Crippen molar-refractivity contribution in [3.8, 4) is 0 Å². The van der Waals surface area contributed by atoms with Gasteiger partial charge in [0.2, 0.25) is 6.41 Å². The summed E-state index contributed by atoms with van der Waals surface area (Å²) in [4.78, 5) is 14.2. The summed E-state index contributed by atoms with van der Waals surface area (Å²) in [6.45, 7) is 1.83. The van der Waals surface area contributed by atoms with Gasteiger partial charge in [0, 0.05) is 19.4 Å². The molecular weight excluding hydrogens is 130 g/mol. The van der Waals surface area contributed by atoms with Crippen molar-refractivity contribution in [3.05, 3.63) is 18.2 Å². The van der Waals surface area contributed by atoms with Crippen LogP contribution in [0.5, 0.6) is 0 Å². The molecule has 4 heteroatoms. The Kier molecular flexibility index (Phi) is 1.71. The second kappa shape index (κ2) is 2.51. The standard InChI is InChI=1S/C6H9N3O/c1-6-7-3-4-9(6)8(2)5-10/h3-5H,1-2H3. The van der Waals surface area contributed by atoms with Crippen LogP contribution in [0.3, 0.4) is 0 Å². The first-order valence-corrected chi connectivity index (χ1v) is 2.94. The Morgan fingerprint density at radius 3 is 2.90 bits per heavy atom. The zero-order chi connectivity index (χ0) is 7.56. The zero-order valence-electron chi connectivity index (χ0n) is 5.98. The van der Waals surface area contributed by atoms with Gasteiger partial charge in [0.15, 0.2) is 0 Å². The third kappa shape index (κ3) is 1.00. The van der Waals surface area contributed by atoms with E-state index in [2.05, 4.69) is 4.98 Å². The number of aryl methyl sites for hydroxylation is 1. The number of aromatic nitrogens is 2. The summed E-state index contributed by atoms with van der Waals surface area (Å²) in [7, 11) is 1.67. The van der Waals surface area contributed by atoms with Crippen molar-refractivity contribution in [1.82, 2.24) is 9.66 Å². The molecule has 1 amide bonds. The molecule has 0 aromatic carbocycles. The van der Waals surface area contributed by atoms with Gasteiger partial charge < -0.3 is 0 Å². The molecule has 0 aliphatic heterocycles. The molecule has 10 heavy (non-hydrogen) atoms. The number of carbonyl (C=O) groups excluding carboxylic acids is 1. The van der Waals surface area contributed by atoms with Crippen LogP contribution < -0.4 is 5.01 Å². The van der Waals surface area contributed by atoms with Crippen LogP contribution in [0.2, 0.25) is 0 Å². The van der Waals surface area contributed by atoms with Gasteiger partial charge >= 0.3 is 0 Å². The Bertz CT molecular complexity index is 231. The summed E-state index contributed by atoms with van der Waals surface area (Å²) in [5.41, 5.74) is 0. The Labute approximate surface area is 59.1 Å². The summed E-state index contributed by atoms with van der Waals surface area (Å²) in [5.74, 6) is 0.801. The van der Waals surface area contributed by atoms with Crippen molar-refractivity contribution in [2.75, 3.05) is 12.1 Å². The molecule has 1 heterocycles. The lowest BCUT2D eigenvalue weighted by Gasteiger charge is -2.12. The maximum absolute atomic E-state index is 10.2. The molecule has 1 rings (SSSR count). The van der Waals surface area contributed by atoms with E-state index in [1.807, 2.05) is 6.92 Å². The maximum Gasteiger partial charge on any atom is 0.228 e. The molecule has 0 aliphatic carbocycles. The van der Waals surface area contributed by atoms with Crippen LogP contribution in [-0.4, -0.2) is 23.1 Å². The molecule has 0 N–H and O–H groups in total. The molecule has 0 fully saturated rings. The third-order valence-electron chi connectivity index (χ3n) is 1.29. The van der Waals surface area contributed by atoms with Crippen LogP contribution in [-0.2, 0) is 4.79 Å². The fourth-order valence-electron chi connectivity index (χ4n) is 0.756. The van der Waals surface area contributed by atoms with E-state index in [0.29, 0.717) is 0 Å². The van der Waals surface area contributed by atoms with Gasteiger partial charge in [-0.25, -0.2) is 9.66 Å². The van der Waals surface area contributed by atoms with E-state index in [-0.39, 0.29) is 0 Å². The molecule has 1 aromatic rings. The first-order valence-electron chi connectivity index (χ1n) is 2.94. The first-order chi connectivity index (χ1) is 4.75. The quantitative estimate of drug-likeness (QED) is 0.537. The Balaban J connectivity index is 2.92. The van der Waals surface area contributed by atoms with E-state index < -0.39 is 0 Å². The lowest BCUT2D eigenvalue weighted by atomic mass is 10.7. The average molecular weight is 139 g/mol. The molecule has 1 aromatic heterocycles. The molecular formula is C6H9N3O. The molecule has 0 radical (unpaired) electrons. The summed E-state index contributed by atoms with van der Waals surface area (Å²) >= 11 is 0. The largest absolute Gasteiger partial charge is 0.277 e. The van der Waals surface area contributed by atoms with Gasteiger partial charge in [-0.15, -0.1) is 0 Å². The summed E-state index contributed by atoms with van der Waals surface area (Å²) < 4.78 is 1.66. The van der Waals surface area contributed by atoms with Crippen molar-refractivity contribution in [2.24, 2.45) is 0 Å². The Morgan fingerprint density at radius 2 is 2.50 bits per heavy atom. The lowest BCUT2D eigenvalue weighted by Crippen LogP contribution is -2.28. The van der Waals surface area contributed by atoms with Crippen molar-refractivity contribution >= 4 is 6.41 Å². The molecule has 0 unspecified atom stereocenters. The van der Waals surface area contributed by atoms with Crippen LogP contribution in [0.4, 0.5) is 0 Å². The van der Waals surface area contributed by atoms with Crippen molar-refractivity contribution in [3.63, 3.8) is 0 Å². The number of carbonyl (C=O) groups is 1. The second-order valence-corrected chi connectivity index (χ2v) is 2.00. The SMILES string of the molecule is Cc1nccn1N(C)C=O. The molecule has 0 saturated heterocycles. The van der Waals surface area contributed by atoms with E-state index in [0.717, 1.165) is 12.2 Å². The number of rotatable bonds is 2. The van der Waals surface area contributed by atoms with Gasteiger partial charge in [0.05, 0.1) is 0 Å². The van der Waals surface area contributed by atoms with E-state index in [4.69, 9.17) is 0 Å². The molecule has 0 bridgehead atoms. The minimum atomic E-state index is 0.731. The van der Waals surface area contributed by atoms with Crippen LogP contribution in [0.25, 0.3) is 0 Å². The molecule has 0 atom stereocenters. The van der Waals surface area contributed by atoms with Crippen LogP contribution in [0.1, 0.15) is 5.82 Å². The van der Waals surface area contributed by atoms with Crippen molar-refractivity contribution < 1.29 is 4.79 Å². The third-order valence-corrected chi connectivity index (χ3v) is 1.29. The molecule has 4 nitrogen and oxygen atoms in total. The van der Waals surface area contributed by atoms with Crippen LogP contribution in [0, 0.1) is 6.92 Å². The summed E-state index contributed by atoms with van der Waals surface area (Å²) in [6.07, 6.45) is 4.10.